The summed E-state index contributed by atoms with van der Waals surface area (Å²) < 4.78 is 2.02. The lowest BCUT2D eigenvalue weighted by atomic mass is 9.87. The Morgan fingerprint density at radius 3 is 2.44 bits per heavy atom. The van der Waals surface area contributed by atoms with E-state index in [2.05, 4.69) is 5.32 Å². The molecule has 0 aliphatic heterocycles. The average Bonchev–Trinajstić information content (AvgIpc) is 2.67. The number of rotatable bonds is 4. The maximum absolute atomic E-state index is 11.7. The first kappa shape index (κ1) is 12.8. The molecule has 4 nitrogen and oxygen atoms in total. The second-order valence-electron chi connectivity index (χ2n) is 5.06. The number of hydrogen-bond acceptors (Lipinski definition) is 2. The van der Waals surface area contributed by atoms with Crippen molar-refractivity contribution in [1.82, 2.24) is 9.88 Å². The molecule has 0 unspecified atom stereocenters. The van der Waals surface area contributed by atoms with Gasteiger partial charge in [0.05, 0.1) is 6.04 Å². The summed E-state index contributed by atoms with van der Waals surface area (Å²) in [5.41, 5.74) is 5.64. The standard InChI is InChI=1S/C12H21N3O/c1-12(2,3)10(13)11(16)14-6-9-15-7-4-5-8-15/h4-5,7-8,10H,6,9,13H2,1-3H3,(H,14,16)/t10-/m1/s1. The zero-order valence-corrected chi connectivity index (χ0v) is 10.2. The molecular weight excluding hydrogens is 202 g/mol. The summed E-state index contributed by atoms with van der Waals surface area (Å²) in [6.07, 6.45) is 3.94. The van der Waals surface area contributed by atoms with Crippen molar-refractivity contribution >= 4 is 5.91 Å². The molecule has 1 aromatic heterocycles. The van der Waals surface area contributed by atoms with E-state index in [1.807, 2.05) is 49.9 Å². The van der Waals surface area contributed by atoms with E-state index in [0.29, 0.717) is 6.54 Å². The van der Waals surface area contributed by atoms with Gasteiger partial charge in [-0.1, -0.05) is 20.8 Å². The van der Waals surface area contributed by atoms with Gasteiger partial charge in [0, 0.05) is 25.5 Å². The van der Waals surface area contributed by atoms with Crippen molar-refractivity contribution in [1.29, 1.82) is 0 Å². The Morgan fingerprint density at radius 2 is 1.94 bits per heavy atom. The van der Waals surface area contributed by atoms with Crippen LogP contribution >= 0.6 is 0 Å². The molecule has 1 amide bonds. The van der Waals surface area contributed by atoms with Gasteiger partial charge in [-0.05, 0) is 17.5 Å². The largest absolute Gasteiger partial charge is 0.353 e. The Balaban J connectivity index is 2.30. The molecule has 1 aromatic rings. The van der Waals surface area contributed by atoms with Crippen molar-refractivity contribution in [2.24, 2.45) is 11.1 Å². The van der Waals surface area contributed by atoms with Crippen LogP contribution in [0.2, 0.25) is 0 Å². The lowest BCUT2D eigenvalue weighted by Gasteiger charge is -2.25. The molecule has 90 valence electrons. The summed E-state index contributed by atoms with van der Waals surface area (Å²) in [6, 6.07) is 3.46. The van der Waals surface area contributed by atoms with Crippen molar-refractivity contribution in [3.63, 3.8) is 0 Å². The van der Waals surface area contributed by atoms with Gasteiger partial charge in [-0.3, -0.25) is 4.79 Å². The minimum Gasteiger partial charge on any atom is -0.353 e. The number of nitrogens with two attached hydrogens (primary N) is 1. The smallest absolute Gasteiger partial charge is 0.237 e. The monoisotopic (exact) mass is 223 g/mol. The predicted molar refractivity (Wildman–Crippen MR) is 64.9 cm³/mol. The molecule has 1 atom stereocenters. The molecule has 0 aliphatic carbocycles. The Kier molecular flexibility index (Phi) is 4.12. The van der Waals surface area contributed by atoms with Crippen LogP contribution < -0.4 is 11.1 Å². The normalized spacial score (nSPS) is 13.5. The molecule has 0 aliphatic rings. The third-order valence-corrected chi connectivity index (χ3v) is 2.55. The molecular formula is C12H21N3O. The van der Waals surface area contributed by atoms with Gasteiger partial charge in [0.25, 0.3) is 0 Å². The molecule has 0 radical (unpaired) electrons. The topological polar surface area (TPSA) is 60.1 Å². The zero-order chi connectivity index (χ0) is 12.2. The van der Waals surface area contributed by atoms with Crippen molar-refractivity contribution < 1.29 is 4.79 Å². The second kappa shape index (κ2) is 5.16. The molecule has 0 saturated heterocycles. The van der Waals surface area contributed by atoms with E-state index >= 15 is 0 Å². The van der Waals surface area contributed by atoms with E-state index in [1.165, 1.54) is 0 Å². The molecule has 0 saturated carbocycles. The molecule has 1 rings (SSSR count). The summed E-state index contributed by atoms with van der Waals surface area (Å²) >= 11 is 0. The van der Waals surface area contributed by atoms with Crippen LogP contribution in [0.1, 0.15) is 20.8 Å². The Hall–Kier alpha value is -1.29. The van der Waals surface area contributed by atoms with Crippen molar-refractivity contribution in [2.75, 3.05) is 6.54 Å². The fourth-order valence-corrected chi connectivity index (χ4v) is 1.33. The molecule has 0 fully saturated rings. The fraction of sp³-hybridized carbons (Fsp3) is 0.583. The van der Waals surface area contributed by atoms with Gasteiger partial charge in [0.15, 0.2) is 0 Å². The first-order valence-electron chi connectivity index (χ1n) is 5.55. The molecule has 3 N–H and O–H groups in total. The zero-order valence-electron chi connectivity index (χ0n) is 10.2. The van der Waals surface area contributed by atoms with E-state index in [1.54, 1.807) is 0 Å². The van der Waals surface area contributed by atoms with Gasteiger partial charge < -0.3 is 15.6 Å². The van der Waals surface area contributed by atoms with Gasteiger partial charge in [-0.15, -0.1) is 0 Å². The molecule has 4 heteroatoms. The molecule has 16 heavy (non-hydrogen) atoms. The summed E-state index contributed by atoms with van der Waals surface area (Å²) in [5.74, 6) is -0.0837. The highest BCUT2D eigenvalue weighted by molar-refractivity contribution is 5.82. The molecule has 0 aromatic carbocycles. The lowest BCUT2D eigenvalue weighted by molar-refractivity contribution is -0.124. The molecule has 1 heterocycles. The number of nitrogens with one attached hydrogen (secondary N) is 1. The number of aromatic nitrogens is 1. The minimum absolute atomic E-state index is 0.0837. The quantitative estimate of drug-likeness (QED) is 0.799. The Bertz CT molecular complexity index is 325. The van der Waals surface area contributed by atoms with Crippen LogP contribution in [0.3, 0.4) is 0 Å². The van der Waals surface area contributed by atoms with Gasteiger partial charge >= 0.3 is 0 Å². The van der Waals surface area contributed by atoms with E-state index in [-0.39, 0.29) is 11.3 Å². The fourth-order valence-electron chi connectivity index (χ4n) is 1.33. The average molecular weight is 223 g/mol. The van der Waals surface area contributed by atoms with E-state index < -0.39 is 6.04 Å². The highest BCUT2D eigenvalue weighted by atomic mass is 16.2. The number of carbonyl (C=O) groups is 1. The second-order valence-corrected chi connectivity index (χ2v) is 5.06. The third kappa shape index (κ3) is 3.70. The van der Waals surface area contributed by atoms with Gasteiger partial charge in [0.1, 0.15) is 0 Å². The van der Waals surface area contributed by atoms with Crippen LogP contribution in [0, 0.1) is 5.41 Å². The SMILES string of the molecule is CC(C)(C)[C@H](N)C(=O)NCCn1cccc1. The number of carbonyl (C=O) groups excluding carboxylic acids is 1. The number of amides is 1. The summed E-state index contributed by atoms with van der Waals surface area (Å²) in [5, 5.41) is 2.84. The van der Waals surface area contributed by atoms with Gasteiger partial charge in [0.2, 0.25) is 5.91 Å². The van der Waals surface area contributed by atoms with Crippen LogP contribution in [0.15, 0.2) is 24.5 Å². The maximum Gasteiger partial charge on any atom is 0.237 e. The Morgan fingerprint density at radius 1 is 1.38 bits per heavy atom. The van der Waals surface area contributed by atoms with Crippen LogP contribution in [0.4, 0.5) is 0 Å². The number of nitrogens with zero attached hydrogens (tertiary/aromatic N) is 1. The highest BCUT2D eigenvalue weighted by Crippen LogP contribution is 2.16. The van der Waals surface area contributed by atoms with E-state index in [4.69, 9.17) is 5.73 Å². The van der Waals surface area contributed by atoms with Crippen molar-refractivity contribution in [3.05, 3.63) is 24.5 Å². The predicted octanol–water partition coefficient (Wildman–Crippen LogP) is 0.978. The van der Waals surface area contributed by atoms with Crippen LogP contribution in [-0.4, -0.2) is 23.1 Å². The third-order valence-electron chi connectivity index (χ3n) is 2.55. The first-order valence-corrected chi connectivity index (χ1v) is 5.55. The van der Waals surface area contributed by atoms with Crippen LogP contribution in [0.5, 0.6) is 0 Å². The van der Waals surface area contributed by atoms with E-state index in [9.17, 15) is 4.79 Å². The molecule has 0 bridgehead atoms. The van der Waals surface area contributed by atoms with Crippen molar-refractivity contribution in [2.45, 2.75) is 33.4 Å². The van der Waals surface area contributed by atoms with Crippen molar-refractivity contribution in [3.8, 4) is 0 Å². The first-order chi connectivity index (χ1) is 7.41. The van der Waals surface area contributed by atoms with Crippen LogP contribution in [-0.2, 0) is 11.3 Å². The Labute approximate surface area is 96.8 Å². The summed E-state index contributed by atoms with van der Waals surface area (Å²) in [4.78, 5) is 11.7. The number of hydrogen-bond donors (Lipinski definition) is 2. The molecule has 0 spiro atoms. The van der Waals surface area contributed by atoms with E-state index in [0.717, 1.165) is 6.54 Å². The highest BCUT2D eigenvalue weighted by Gasteiger charge is 2.26. The minimum atomic E-state index is -0.461. The van der Waals surface area contributed by atoms with Gasteiger partial charge in [-0.25, -0.2) is 0 Å². The maximum atomic E-state index is 11.7. The van der Waals surface area contributed by atoms with Gasteiger partial charge in [-0.2, -0.15) is 0 Å². The summed E-state index contributed by atoms with van der Waals surface area (Å²) in [6.45, 7) is 7.27. The van der Waals surface area contributed by atoms with Crippen LogP contribution in [0.25, 0.3) is 0 Å². The summed E-state index contributed by atoms with van der Waals surface area (Å²) in [7, 11) is 0. The lowest BCUT2D eigenvalue weighted by Crippen LogP contribution is -2.49.